The molecule has 0 bridgehead atoms. The smallest absolute Gasteiger partial charge is 0.242 e. The topological polar surface area (TPSA) is 135 Å². The number of anilines is 1. The molecule has 10 nitrogen and oxygen atoms in total. The molecule has 0 radical (unpaired) electrons. The van der Waals surface area contributed by atoms with Gasteiger partial charge in [0.15, 0.2) is 11.5 Å². The van der Waals surface area contributed by atoms with E-state index in [0.29, 0.717) is 54.2 Å². The lowest BCUT2D eigenvalue weighted by Crippen LogP contribution is -2.39. The van der Waals surface area contributed by atoms with E-state index in [2.05, 4.69) is 16.0 Å². The summed E-state index contributed by atoms with van der Waals surface area (Å²) >= 11 is 0. The van der Waals surface area contributed by atoms with Crippen molar-refractivity contribution >= 4 is 17.5 Å². The summed E-state index contributed by atoms with van der Waals surface area (Å²) in [6, 6.07) is 5.71. The van der Waals surface area contributed by atoms with E-state index in [1.54, 1.807) is 33.3 Å². The SMILES string of the molecule is COc1cc2c(c(OC)c1OC)-c1ccc(N[C@H](C)C(=O)NCCCO)c(=O)cc1[C@H](NC(C)=O)CC2. The molecule has 0 aromatic heterocycles. The van der Waals surface area contributed by atoms with Crippen molar-refractivity contribution in [2.24, 2.45) is 0 Å². The first kappa shape index (κ1) is 27.8. The zero-order valence-electron chi connectivity index (χ0n) is 21.9. The van der Waals surface area contributed by atoms with Crippen LogP contribution in [0.4, 0.5) is 5.69 Å². The summed E-state index contributed by atoms with van der Waals surface area (Å²) in [5.74, 6) is 0.903. The minimum Gasteiger partial charge on any atom is -0.493 e. The zero-order chi connectivity index (χ0) is 27.1. The van der Waals surface area contributed by atoms with Crippen molar-refractivity contribution in [3.63, 3.8) is 0 Å². The van der Waals surface area contributed by atoms with E-state index in [9.17, 15) is 14.4 Å². The highest BCUT2D eigenvalue weighted by Crippen LogP contribution is 2.50. The molecule has 0 aliphatic heterocycles. The van der Waals surface area contributed by atoms with Crippen molar-refractivity contribution in [3.05, 3.63) is 45.6 Å². The van der Waals surface area contributed by atoms with Crippen molar-refractivity contribution in [1.82, 2.24) is 10.6 Å². The first-order chi connectivity index (χ1) is 17.7. The number of nitrogens with one attached hydrogen (secondary N) is 3. The van der Waals surface area contributed by atoms with Crippen molar-refractivity contribution in [1.29, 1.82) is 0 Å². The number of methoxy groups -OCH3 is 3. The average Bonchev–Trinajstić information content (AvgIpc) is 3.11. The molecular weight excluding hydrogens is 478 g/mol. The Morgan fingerprint density at radius 2 is 1.84 bits per heavy atom. The number of aliphatic hydroxyl groups is 1. The summed E-state index contributed by atoms with van der Waals surface area (Å²) in [5.41, 5.74) is 2.93. The van der Waals surface area contributed by atoms with Crippen LogP contribution in [0, 0.1) is 0 Å². The average molecular weight is 514 g/mol. The molecule has 0 saturated heterocycles. The van der Waals surface area contributed by atoms with Crippen LogP contribution in [0.5, 0.6) is 17.2 Å². The number of benzene rings is 1. The Balaban J connectivity index is 2.18. The largest absolute Gasteiger partial charge is 0.493 e. The lowest BCUT2D eigenvalue weighted by atomic mass is 9.95. The van der Waals surface area contributed by atoms with Gasteiger partial charge in [-0.1, -0.05) is 6.07 Å². The van der Waals surface area contributed by atoms with Crippen LogP contribution >= 0.6 is 0 Å². The van der Waals surface area contributed by atoms with Gasteiger partial charge >= 0.3 is 0 Å². The number of carbonyl (C=O) groups is 2. The fraction of sp³-hybridized carbons (Fsp3) is 0.444. The molecule has 2 aromatic carbocycles. The molecule has 37 heavy (non-hydrogen) atoms. The molecule has 2 atom stereocenters. The highest BCUT2D eigenvalue weighted by atomic mass is 16.5. The number of hydrogen-bond acceptors (Lipinski definition) is 8. The van der Waals surface area contributed by atoms with E-state index in [4.69, 9.17) is 19.3 Å². The molecule has 0 heterocycles. The molecule has 2 amide bonds. The van der Waals surface area contributed by atoms with Gasteiger partial charge in [-0.3, -0.25) is 14.4 Å². The Bertz CT molecular complexity index is 1220. The maximum atomic E-state index is 13.3. The lowest BCUT2D eigenvalue weighted by Gasteiger charge is -2.19. The first-order valence-corrected chi connectivity index (χ1v) is 12.2. The molecular formula is C27H35N3O7. The number of carbonyl (C=O) groups excluding carboxylic acids is 2. The fourth-order valence-corrected chi connectivity index (χ4v) is 4.57. The van der Waals surface area contributed by atoms with Crippen LogP contribution in [0.15, 0.2) is 29.1 Å². The third-order valence-electron chi connectivity index (χ3n) is 6.32. The van der Waals surface area contributed by atoms with E-state index >= 15 is 0 Å². The van der Waals surface area contributed by atoms with Crippen molar-refractivity contribution < 1.29 is 28.9 Å². The Morgan fingerprint density at radius 3 is 2.46 bits per heavy atom. The molecule has 3 rings (SSSR count). The summed E-state index contributed by atoms with van der Waals surface area (Å²) in [5, 5.41) is 17.6. The highest BCUT2D eigenvalue weighted by molar-refractivity contribution is 5.85. The van der Waals surface area contributed by atoms with Crippen LogP contribution < -0.4 is 35.6 Å². The minimum absolute atomic E-state index is 0.0239. The highest BCUT2D eigenvalue weighted by Gasteiger charge is 2.29. The molecule has 1 aliphatic carbocycles. The second-order valence-electron chi connectivity index (χ2n) is 8.83. The number of aliphatic hydroxyl groups excluding tert-OH is 1. The van der Waals surface area contributed by atoms with Crippen LogP contribution in [0.3, 0.4) is 0 Å². The normalized spacial score (nSPS) is 14.8. The first-order valence-electron chi connectivity index (χ1n) is 12.2. The van der Waals surface area contributed by atoms with Crippen molar-refractivity contribution in [2.75, 3.05) is 39.8 Å². The second kappa shape index (κ2) is 12.4. The number of ether oxygens (including phenoxy) is 3. The molecule has 0 unspecified atom stereocenters. The molecule has 10 heteroatoms. The summed E-state index contributed by atoms with van der Waals surface area (Å²) < 4.78 is 16.9. The standard InChI is InChI=1S/C27H35N3O7/c1-15(27(34)28-11-6-12-31)29-21-10-8-18-19(14-22(21)33)20(30-16(2)32)9-7-17-13-23(35-3)25(36-4)26(37-5)24(17)18/h8,10,13-15,20,31H,6-7,9,11-12H2,1-5H3,(H,28,34)(H,29,33)(H,30,32)/t15-,20-/m1/s1. The summed E-state index contributed by atoms with van der Waals surface area (Å²) in [4.78, 5) is 37.8. The van der Waals surface area contributed by atoms with Gasteiger partial charge in [-0.15, -0.1) is 0 Å². The number of fused-ring (bicyclic) bond motifs is 3. The van der Waals surface area contributed by atoms with Gasteiger partial charge in [0, 0.05) is 25.6 Å². The Labute approximate surface area is 216 Å². The van der Waals surface area contributed by atoms with Crippen LogP contribution in [0.25, 0.3) is 11.1 Å². The van der Waals surface area contributed by atoms with Crippen molar-refractivity contribution in [3.8, 4) is 28.4 Å². The Hall–Kier alpha value is -3.79. The van der Waals surface area contributed by atoms with Gasteiger partial charge < -0.3 is 35.3 Å². The van der Waals surface area contributed by atoms with Gasteiger partial charge in [0.25, 0.3) is 0 Å². The maximum absolute atomic E-state index is 13.3. The van der Waals surface area contributed by atoms with Gasteiger partial charge in [0.1, 0.15) is 6.04 Å². The van der Waals surface area contributed by atoms with E-state index in [-0.39, 0.29) is 29.5 Å². The number of rotatable bonds is 10. The molecule has 0 spiro atoms. The molecule has 0 fully saturated rings. The monoisotopic (exact) mass is 513 g/mol. The number of aryl methyl sites for hydroxylation is 1. The third kappa shape index (κ3) is 6.14. The summed E-state index contributed by atoms with van der Waals surface area (Å²) in [7, 11) is 4.62. The molecule has 2 aromatic rings. The van der Waals surface area contributed by atoms with Crippen LogP contribution in [-0.4, -0.2) is 57.4 Å². The lowest BCUT2D eigenvalue weighted by molar-refractivity contribution is -0.121. The van der Waals surface area contributed by atoms with Gasteiger partial charge in [0.05, 0.1) is 33.1 Å². The summed E-state index contributed by atoms with van der Waals surface area (Å²) in [6.07, 6.45) is 1.59. The van der Waals surface area contributed by atoms with E-state index in [0.717, 1.165) is 11.1 Å². The van der Waals surface area contributed by atoms with E-state index in [1.165, 1.54) is 20.1 Å². The van der Waals surface area contributed by atoms with Crippen LogP contribution in [0.2, 0.25) is 0 Å². The van der Waals surface area contributed by atoms with Gasteiger partial charge in [-0.05, 0) is 61.1 Å². The van der Waals surface area contributed by atoms with Gasteiger partial charge in [-0.25, -0.2) is 0 Å². The fourth-order valence-electron chi connectivity index (χ4n) is 4.57. The molecule has 200 valence electrons. The maximum Gasteiger partial charge on any atom is 0.242 e. The van der Waals surface area contributed by atoms with Gasteiger partial charge in [-0.2, -0.15) is 0 Å². The summed E-state index contributed by atoms with van der Waals surface area (Å²) in [6.45, 7) is 3.41. The second-order valence-corrected chi connectivity index (χ2v) is 8.83. The van der Waals surface area contributed by atoms with E-state index in [1.807, 2.05) is 6.07 Å². The van der Waals surface area contributed by atoms with Crippen molar-refractivity contribution in [2.45, 2.75) is 45.2 Å². The van der Waals surface area contributed by atoms with Crippen LogP contribution in [-0.2, 0) is 16.0 Å². The Kier molecular flexibility index (Phi) is 9.35. The quantitative estimate of drug-likeness (QED) is 0.355. The van der Waals surface area contributed by atoms with Crippen LogP contribution in [0.1, 0.15) is 43.9 Å². The molecule has 1 aliphatic rings. The predicted molar refractivity (Wildman–Crippen MR) is 140 cm³/mol. The molecule has 0 saturated carbocycles. The third-order valence-corrected chi connectivity index (χ3v) is 6.32. The minimum atomic E-state index is -0.689. The predicted octanol–water partition coefficient (Wildman–Crippen LogP) is 2.16. The number of hydrogen-bond donors (Lipinski definition) is 4. The Morgan fingerprint density at radius 1 is 1.11 bits per heavy atom. The zero-order valence-corrected chi connectivity index (χ0v) is 21.9. The van der Waals surface area contributed by atoms with Gasteiger partial charge in [0.2, 0.25) is 23.0 Å². The van der Waals surface area contributed by atoms with E-state index < -0.39 is 12.1 Å². The molecule has 4 N–H and O–H groups in total. The number of amides is 2.